The number of hydrogen-bond donors (Lipinski definition) is 0. The molecule has 0 fully saturated rings. The fourth-order valence-corrected chi connectivity index (χ4v) is 2.88. The zero-order valence-electron chi connectivity index (χ0n) is 11.4. The first-order chi connectivity index (χ1) is 9.38. The molecule has 0 amide bonds. The van der Waals surface area contributed by atoms with Gasteiger partial charge in [0.15, 0.2) is 9.84 Å². The zero-order chi connectivity index (χ0) is 15.2. The maximum atomic E-state index is 12.2. The molecule has 1 aromatic carbocycles. The number of para-hydroxylation sites is 1. The lowest BCUT2D eigenvalue weighted by Crippen LogP contribution is -2.18. The molecule has 0 aromatic heterocycles. The summed E-state index contributed by atoms with van der Waals surface area (Å²) in [5.41, 5.74) is 0.0458. The van der Waals surface area contributed by atoms with Gasteiger partial charge in [0, 0.05) is 11.6 Å². The summed E-state index contributed by atoms with van der Waals surface area (Å²) in [4.78, 5) is 10.3. The van der Waals surface area contributed by atoms with Gasteiger partial charge in [0.1, 0.15) is 0 Å². The third-order valence-corrected chi connectivity index (χ3v) is 4.80. The standard InChI is InChI=1S/C14H17NO4S/c1-3-4-5-8-12(2)20(18,19)11-13-9-6-7-10-14(13)15(16)17/h3-10,12H,11H2,1-2H3/b4-3-,8-5-. The molecule has 1 unspecified atom stereocenters. The van der Waals surface area contributed by atoms with E-state index >= 15 is 0 Å². The molecule has 0 heterocycles. The van der Waals surface area contributed by atoms with E-state index < -0.39 is 20.0 Å². The molecule has 1 atom stereocenters. The second kappa shape index (κ2) is 7.00. The molecule has 0 N–H and O–H groups in total. The molecule has 0 aliphatic rings. The molecule has 0 spiro atoms. The predicted octanol–water partition coefficient (Wildman–Crippen LogP) is 3.03. The Hall–Kier alpha value is -1.95. The van der Waals surface area contributed by atoms with Gasteiger partial charge in [0.25, 0.3) is 5.69 Å². The molecule has 0 aliphatic carbocycles. The van der Waals surface area contributed by atoms with Crippen LogP contribution in [0.4, 0.5) is 5.69 Å². The predicted molar refractivity (Wildman–Crippen MR) is 79.1 cm³/mol. The number of sulfone groups is 1. The summed E-state index contributed by atoms with van der Waals surface area (Å²) >= 11 is 0. The first kappa shape index (κ1) is 16.1. The Kier molecular flexibility index (Phi) is 5.64. The topological polar surface area (TPSA) is 77.3 Å². The number of hydrogen-bond acceptors (Lipinski definition) is 4. The quantitative estimate of drug-likeness (QED) is 0.459. The monoisotopic (exact) mass is 295 g/mol. The van der Waals surface area contributed by atoms with Gasteiger partial charge in [-0.3, -0.25) is 10.1 Å². The lowest BCUT2D eigenvalue weighted by atomic mass is 10.2. The van der Waals surface area contributed by atoms with Gasteiger partial charge in [-0.15, -0.1) is 0 Å². The molecule has 1 rings (SSSR count). The van der Waals surface area contributed by atoms with Crippen molar-refractivity contribution in [2.45, 2.75) is 24.9 Å². The summed E-state index contributed by atoms with van der Waals surface area (Å²) < 4.78 is 24.3. The van der Waals surface area contributed by atoms with Crippen molar-refractivity contribution in [2.24, 2.45) is 0 Å². The zero-order valence-corrected chi connectivity index (χ0v) is 12.2. The van der Waals surface area contributed by atoms with Gasteiger partial charge in [0.2, 0.25) is 0 Å². The van der Waals surface area contributed by atoms with E-state index in [1.807, 2.05) is 6.92 Å². The van der Waals surface area contributed by atoms with E-state index in [2.05, 4.69) is 0 Å². The lowest BCUT2D eigenvalue weighted by molar-refractivity contribution is -0.385. The van der Waals surface area contributed by atoms with Crippen LogP contribution in [0, 0.1) is 10.1 Å². The second-order valence-electron chi connectivity index (χ2n) is 4.31. The fourth-order valence-electron chi connectivity index (χ4n) is 1.61. The Morgan fingerprint density at radius 3 is 2.55 bits per heavy atom. The molecule has 1 aromatic rings. The highest BCUT2D eigenvalue weighted by atomic mass is 32.2. The van der Waals surface area contributed by atoms with Crippen molar-refractivity contribution in [2.75, 3.05) is 0 Å². The van der Waals surface area contributed by atoms with Gasteiger partial charge in [-0.25, -0.2) is 8.42 Å². The molecular formula is C14H17NO4S. The molecule has 0 aliphatic heterocycles. The minimum atomic E-state index is -3.47. The van der Waals surface area contributed by atoms with Gasteiger partial charge < -0.3 is 0 Å². The van der Waals surface area contributed by atoms with E-state index in [0.29, 0.717) is 0 Å². The van der Waals surface area contributed by atoms with Crippen LogP contribution in [0.5, 0.6) is 0 Å². The third-order valence-electron chi connectivity index (χ3n) is 2.80. The Morgan fingerprint density at radius 2 is 1.95 bits per heavy atom. The van der Waals surface area contributed by atoms with Crippen LogP contribution >= 0.6 is 0 Å². The van der Waals surface area contributed by atoms with E-state index in [-0.39, 0.29) is 17.0 Å². The Balaban J connectivity index is 3.00. The Labute approximate surface area is 118 Å². The van der Waals surface area contributed by atoms with Crippen molar-refractivity contribution in [3.05, 3.63) is 64.2 Å². The summed E-state index contributed by atoms with van der Waals surface area (Å²) in [6, 6.07) is 5.89. The van der Waals surface area contributed by atoms with Crippen molar-refractivity contribution >= 4 is 15.5 Å². The summed E-state index contributed by atoms with van der Waals surface area (Å²) in [5, 5.41) is 10.2. The summed E-state index contributed by atoms with van der Waals surface area (Å²) in [7, 11) is -3.47. The van der Waals surface area contributed by atoms with Crippen LogP contribution in [0.1, 0.15) is 19.4 Å². The van der Waals surface area contributed by atoms with Crippen molar-refractivity contribution in [3.63, 3.8) is 0 Å². The number of rotatable bonds is 6. The molecule has 0 radical (unpaired) electrons. The highest BCUT2D eigenvalue weighted by Gasteiger charge is 2.23. The molecule has 5 nitrogen and oxygen atoms in total. The largest absolute Gasteiger partial charge is 0.273 e. The van der Waals surface area contributed by atoms with Crippen LogP contribution in [-0.4, -0.2) is 18.6 Å². The van der Waals surface area contributed by atoms with Crippen LogP contribution in [-0.2, 0) is 15.6 Å². The minimum Gasteiger partial charge on any atom is -0.258 e. The number of benzene rings is 1. The van der Waals surface area contributed by atoms with Crippen LogP contribution in [0.15, 0.2) is 48.6 Å². The molecule has 0 bridgehead atoms. The number of nitro groups is 1. The number of nitrogens with zero attached hydrogens (tertiary/aromatic N) is 1. The molecular weight excluding hydrogens is 278 g/mol. The van der Waals surface area contributed by atoms with Gasteiger partial charge in [-0.05, 0) is 13.8 Å². The van der Waals surface area contributed by atoms with Crippen molar-refractivity contribution in [1.82, 2.24) is 0 Å². The van der Waals surface area contributed by atoms with Crippen LogP contribution < -0.4 is 0 Å². The van der Waals surface area contributed by atoms with Gasteiger partial charge in [-0.1, -0.05) is 42.5 Å². The fraction of sp³-hybridized carbons (Fsp3) is 0.286. The van der Waals surface area contributed by atoms with E-state index in [4.69, 9.17) is 0 Å². The lowest BCUT2D eigenvalue weighted by Gasteiger charge is -2.09. The van der Waals surface area contributed by atoms with Crippen molar-refractivity contribution in [3.8, 4) is 0 Å². The third kappa shape index (κ3) is 4.31. The van der Waals surface area contributed by atoms with Gasteiger partial charge in [0.05, 0.1) is 15.9 Å². The average molecular weight is 295 g/mol. The first-order valence-electron chi connectivity index (χ1n) is 6.12. The van der Waals surface area contributed by atoms with Gasteiger partial charge >= 0.3 is 0 Å². The van der Waals surface area contributed by atoms with E-state index in [9.17, 15) is 18.5 Å². The Bertz CT molecular complexity index is 632. The normalized spacial score (nSPS) is 13.9. The summed E-state index contributed by atoms with van der Waals surface area (Å²) in [6.07, 6.45) is 6.74. The second-order valence-corrected chi connectivity index (χ2v) is 6.67. The maximum Gasteiger partial charge on any atom is 0.273 e. The highest BCUT2D eigenvalue weighted by molar-refractivity contribution is 7.91. The molecule has 0 saturated heterocycles. The molecule has 108 valence electrons. The molecule has 0 saturated carbocycles. The van der Waals surface area contributed by atoms with Crippen LogP contribution in [0.3, 0.4) is 0 Å². The van der Waals surface area contributed by atoms with Gasteiger partial charge in [-0.2, -0.15) is 0 Å². The summed E-state index contributed by atoms with van der Waals surface area (Å²) in [6.45, 7) is 3.39. The molecule has 6 heteroatoms. The minimum absolute atomic E-state index is 0.166. The smallest absolute Gasteiger partial charge is 0.258 e. The maximum absolute atomic E-state index is 12.2. The average Bonchev–Trinajstić information content (AvgIpc) is 2.38. The summed E-state index contributed by atoms with van der Waals surface area (Å²) in [5.74, 6) is -0.342. The van der Waals surface area contributed by atoms with E-state index in [1.165, 1.54) is 18.2 Å². The Morgan fingerprint density at radius 1 is 1.30 bits per heavy atom. The van der Waals surface area contributed by atoms with E-state index in [1.54, 1.807) is 37.3 Å². The highest BCUT2D eigenvalue weighted by Crippen LogP contribution is 2.22. The number of allylic oxidation sites excluding steroid dienone is 3. The molecule has 20 heavy (non-hydrogen) atoms. The van der Waals surface area contributed by atoms with Crippen molar-refractivity contribution < 1.29 is 13.3 Å². The SMILES string of the molecule is C/C=C\C=C/C(C)S(=O)(=O)Cc1ccccc1[N+](=O)[O-]. The van der Waals surface area contributed by atoms with E-state index in [0.717, 1.165) is 0 Å². The first-order valence-corrected chi connectivity index (χ1v) is 7.83. The van der Waals surface area contributed by atoms with Crippen LogP contribution in [0.2, 0.25) is 0 Å². The number of nitro benzene ring substituents is 1. The van der Waals surface area contributed by atoms with Crippen molar-refractivity contribution in [1.29, 1.82) is 0 Å². The van der Waals surface area contributed by atoms with Crippen LogP contribution in [0.25, 0.3) is 0 Å².